The number of nitrogens with zero attached hydrogens (tertiary/aromatic N) is 3. The lowest BCUT2D eigenvalue weighted by Gasteiger charge is -2.33. The zero-order chi connectivity index (χ0) is 17.5. The minimum Gasteiger partial charge on any atom is -0.480 e. The van der Waals surface area contributed by atoms with E-state index in [0.29, 0.717) is 18.6 Å². The van der Waals surface area contributed by atoms with E-state index in [-0.39, 0.29) is 24.9 Å². The average Bonchev–Trinajstić information content (AvgIpc) is 2.80. The number of carbonyl (C=O) groups is 2. The van der Waals surface area contributed by atoms with Gasteiger partial charge in [-0.05, 0) is 45.7 Å². The smallest absolute Gasteiger partial charge is 0.317 e. The summed E-state index contributed by atoms with van der Waals surface area (Å²) in [6.07, 6.45) is 9.03. The van der Waals surface area contributed by atoms with Gasteiger partial charge in [0, 0.05) is 25.7 Å². The summed E-state index contributed by atoms with van der Waals surface area (Å²) in [5.41, 5.74) is 0. The van der Waals surface area contributed by atoms with Crippen molar-refractivity contribution in [1.82, 2.24) is 14.7 Å². The van der Waals surface area contributed by atoms with E-state index in [4.69, 9.17) is 5.11 Å². The Hall–Kier alpha value is -0.850. The molecule has 1 amide bonds. The van der Waals surface area contributed by atoms with Gasteiger partial charge >= 0.3 is 5.97 Å². The second-order valence-corrected chi connectivity index (χ2v) is 7.47. The fourth-order valence-corrected chi connectivity index (χ4v) is 4.05. The first kappa shape index (κ1) is 22.2. The van der Waals surface area contributed by atoms with E-state index in [1.165, 1.54) is 19.3 Å². The van der Waals surface area contributed by atoms with Crippen LogP contribution in [-0.4, -0.2) is 84.0 Å². The van der Waals surface area contributed by atoms with E-state index in [2.05, 4.69) is 4.90 Å². The quantitative estimate of drug-likeness (QED) is 0.769. The minimum atomic E-state index is -0.775. The molecular weight excluding hydrogens is 342 g/mol. The zero-order valence-electron chi connectivity index (χ0n) is 15.7. The van der Waals surface area contributed by atoms with Gasteiger partial charge in [-0.3, -0.25) is 19.4 Å². The highest BCUT2D eigenvalue weighted by Gasteiger charge is 2.26. The normalized spacial score (nSPS) is 22.9. The molecule has 0 aromatic heterocycles. The first-order chi connectivity index (χ1) is 11.5. The molecule has 2 fully saturated rings. The van der Waals surface area contributed by atoms with E-state index < -0.39 is 5.97 Å². The van der Waals surface area contributed by atoms with Crippen molar-refractivity contribution in [2.24, 2.45) is 0 Å². The summed E-state index contributed by atoms with van der Waals surface area (Å²) < 4.78 is 0. The molecule has 0 bridgehead atoms. The number of halogens is 1. The molecule has 1 saturated heterocycles. The van der Waals surface area contributed by atoms with Crippen molar-refractivity contribution in [3.05, 3.63) is 0 Å². The maximum atomic E-state index is 12.6. The van der Waals surface area contributed by atoms with Crippen molar-refractivity contribution in [1.29, 1.82) is 0 Å². The molecule has 0 spiro atoms. The number of rotatable bonds is 6. The molecule has 0 radical (unpaired) electrons. The largest absolute Gasteiger partial charge is 0.480 e. The predicted molar refractivity (Wildman–Crippen MR) is 101 cm³/mol. The molecule has 7 heteroatoms. The van der Waals surface area contributed by atoms with Gasteiger partial charge in [0.05, 0.1) is 13.1 Å². The molecule has 146 valence electrons. The maximum absolute atomic E-state index is 12.6. The average molecular weight is 376 g/mol. The van der Waals surface area contributed by atoms with Crippen LogP contribution < -0.4 is 0 Å². The van der Waals surface area contributed by atoms with Crippen LogP contribution in [0.5, 0.6) is 0 Å². The predicted octanol–water partition coefficient (Wildman–Crippen LogP) is 2.07. The standard InChI is InChI=1S/C18H33N3O3.ClH/c1-19(14-18(23)24)15-9-6-11-21(12-10-15)13-17(22)20(2)16-7-4-3-5-8-16;/h15-16H,3-14H2,1-2H3,(H,23,24);1H. The van der Waals surface area contributed by atoms with Crippen LogP contribution in [0.1, 0.15) is 51.4 Å². The van der Waals surface area contributed by atoms with Crippen LogP contribution in [0.4, 0.5) is 0 Å². The Labute approximate surface area is 157 Å². The van der Waals surface area contributed by atoms with Gasteiger partial charge in [0.25, 0.3) is 0 Å². The van der Waals surface area contributed by atoms with Crippen LogP contribution in [0.25, 0.3) is 0 Å². The van der Waals surface area contributed by atoms with Crippen molar-refractivity contribution in [3.63, 3.8) is 0 Å². The summed E-state index contributed by atoms with van der Waals surface area (Å²) in [6.45, 7) is 2.40. The first-order valence-electron chi connectivity index (χ1n) is 9.37. The molecule has 1 saturated carbocycles. The number of hydrogen-bond acceptors (Lipinski definition) is 4. The Morgan fingerprint density at radius 3 is 2.24 bits per heavy atom. The summed E-state index contributed by atoms with van der Waals surface area (Å²) in [6, 6.07) is 0.727. The zero-order valence-corrected chi connectivity index (χ0v) is 16.5. The second kappa shape index (κ2) is 11.0. The van der Waals surface area contributed by atoms with Gasteiger partial charge < -0.3 is 10.0 Å². The van der Waals surface area contributed by atoms with Gasteiger partial charge in [0.2, 0.25) is 5.91 Å². The molecule has 0 aromatic carbocycles. The van der Waals surface area contributed by atoms with Crippen molar-refractivity contribution >= 4 is 24.3 Å². The summed E-state index contributed by atoms with van der Waals surface area (Å²) in [5, 5.41) is 8.94. The third kappa shape index (κ3) is 7.12. The van der Waals surface area contributed by atoms with E-state index in [1.54, 1.807) is 0 Å². The minimum absolute atomic E-state index is 0. The SMILES string of the molecule is CN(CC(=O)O)C1CCCN(CC(=O)N(C)C2CCCCC2)CC1.Cl. The molecule has 6 nitrogen and oxygen atoms in total. The molecule has 1 aliphatic heterocycles. The van der Waals surface area contributed by atoms with Crippen LogP contribution in [-0.2, 0) is 9.59 Å². The van der Waals surface area contributed by atoms with Gasteiger partial charge in [0.1, 0.15) is 0 Å². The van der Waals surface area contributed by atoms with E-state index >= 15 is 0 Å². The Morgan fingerprint density at radius 2 is 1.60 bits per heavy atom. The molecule has 2 aliphatic rings. The van der Waals surface area contributed by atoms with E-state index in [0.717, 1.165) is 45.2 Å². The molecule has 1 aliphatic carbocycles. The summed E-state index contributed by atoms with van der Waals surface area (Å²) >= 11 is 0. The molecule has 2 rings (SSSR count). The van der Waals surface area contributed by atoms with Gasteiger partial charge in [-0.2, -0.15) is 0 Å². The highest BCUT2D eigenvalue weighted by atomic mass is 35.5. The highest BCUT2D eigenvalue weighted by Crippen LogP contribution is 2.22. The van der Waals surface area contributed by atoms with Crippen LogP contribution in [0.3, 0.4) is 0 Å². The molecular formula is C18H34ClN3O3. The number of hydrogen-bond donors (Lipinski definition) is 1. The van der Waals surface area contributed by atoms with Crippen molar-refractivity contribution in [2.75, 3.05) is 40.3 Å². The number of carbonyl (C=O) groups excluding carboxylic acids is 1. The Balaban J connectivity index is 0.00000312. The summed E-state index contributed by atoms with van der Waals surface area (Å²) in [4.78, 5) is 29.6. The maximum Gasteiger partial charge on any atom is 0.317 e. The molecule has 1 unspecified atom stereocenters. The topological polar surface area (TPSA) is 64.1 Å². The molecule has 1 heterocycles. The Morgan fingerprint density at radius 1 is 0.960 bits per heavy atom. The van der Waals surface area contributed by atoms with E-state index in [1.807, 2.05) is 23.9 Å². The van der Waals surface area contributed by atoms with Gasteiger partial charge in [-0.1, -0.05) is 19.3 Å². The summed E-state index contributed by atoms with van der Waals surface area (Å²) in [7, 11) is 3.84. The Kier molecular flexibility index (Phi) is 9.75. The molecule has 1 atom stereocenters. The van der Waals surface area contributed by atoms with Crippen molar-refractivity contribution in [2.45, 2.75) is 63.5 Å². The molecule has 0 aromatic rings. The van der Waals surface area contributed by atoms with Crippen LogP contribution in [0, 0.1) is 0 Å². The third-order valence-corrected chi connectivity index (χ3v) is 5.67. The van der Waals surface area contributed by atoms with Crippen molar-refractivity contribution < 1.29 is 14.7 Å². The fraction of sp³-hybridized carbons (Fsp3) is 0.889. The van der Waals surface area contributed by atoms with Gasteiger partial charge in [0.15, 0.2) is 0 Å². The lowest BCUT2D eigenvalue weighted by molar-refractivity contribution is -0.138. The van der Waals surface area contributed by atoms with Crippen LogP contribution >= 0.6 is 12.4 Å². The highest BCUT2D eigenvalue weighted by molar-refractivity contribution is 5.85. The third-order valence-electron chi connectivity index (χ3n) is 5.67. The van der Waals surface area contributed by atoms with Crippen molar-refractivity contribution in [3.8, 4) is 0 Å². The lowest BCUT2D eigenvalue weighted by Crippen LogP contribution is -2.44. The van der Waals surface area contributed by atoms with Crippen LogP contribution in [0.15, 0.2) is 0 Å². The lowest BCUT2D eigenvalue weighted by atomic mass is 9.94. The monoisotopic (exact) mass is 375 g/mol. The number of amides is 1. The first-order valence-corrected chi connectivity index (χ1v) is 9.37. The van der Waals surface area contributed by atoms with Gasteiger partial charge in [-0.25, -0.2) is 0 Å². The second-order valence-electron chi connectivity index (χ2n) is 7.47. The number of carboxylic acids is 1. The number of likely N-dealkylation sites (tertiary alicyclic amines) is 1. The number of likely N-dealkylation sites (N-methyl/N-ethyl adjacent to an activating group) is 2. The Bertz CT molecular complexity index is 430. The fourth-order valence-electron chi connectivity index (χ4n) is 4.05. The number of aliphatic carboxylic acids is 1. The molecule has 25 heavy (non-hydrogen) atoms. The summed E-state index contributed by atoms with van der Waals surface area (Å²) in [5.74, 6) is -0.540. The van der Waals surface area contributed by atoms with Gasteiger partial charge in [-0.15, -0.1) is 12.4 Å². The number of carboxylic acid groups (broad SMARTS) is 1. The van der Waals surface area contributed by atoms with Crippen LogP contribution in [0.2, 0.25) is 0 Å². The van der Waals surface area contributed by atoms with E-state index in [9.17, 15) is 9.59 Å². The molecule has 1 N–H and O–H groups in total.